The molecular weight excluding hydrogens is 222 g/mol. The Morgan fingerprint density at radius 1 is 1.28 bits per heavy atom. The van der Waals surface area contributed by atoms with Crippen molar-refractivity contribution in [1.29, 1.82) is 0 Å². The molecule has 1 aromatic carbocycles. The van der Waals surface area contributed by atoms with Gasteiger partial charge in [-0.1, -0.05) is 32.9 Å². The molecule has 0 radical (unpaired) electrons. The van der Waals surface area contributed by atoms with Gasteiger partial charge in [-0.15, -0.1) is 0 Å². The average molecular weight is 243 g/mol. The molecule has 0 N–H and O–H groups in total. The standard InChI is InChI=1S/C16H21NO/c1-11-6-7-12-13(10-17(5)14(12)8-11)15(18)9-16(2,3)4/h6-8,10H,9H2,1-5H3. The molecule has 0 atom stereocenters. The fourth-order valence-corrected chi connectivity index (χ4v) is 2.29. The first-order valence-corrected chi connectivity index (χ1v) is 6.37. The minimum atomic E-state index is 0.0317. The first-order chi connectivity index (χ1) is 8.28. The summed E-state index contributed by atoms with van der Waals surface area (Å²) in [4.78, 5) is 12.4. The molecule has 1 heterocycles. The second-order valence-corrected chi connectivity index (χ2v) is 6.33. The van der Waals surface area contributed by atoms with Gasteiger partial charge in [0.15, 0.2) is 5.78 Å². The molecule has 0 fully saturated rings. The minimum absolute atomic E-state index is 0.0317. The van der Waals surface area contributed by atoms with Crippen molar-refractivity contribution in [3.05, 3.63) is 35.5 Å². The number of carbonyl (C=O) groups is 1. The third-order valence-corrected chi connectivity index (χ3v) is 3.14. The van der Waals surface area contributed by atoms with E-state index in [9.17, 15) is 4.79 Å². The van der Waals surface area contributed by atoms with Crippen molar-refractivity contribution in [3.63, 3.8) is 0 Å². The fourth-order valence-electron chi connectivity index (χ4n) is 2.29. The molecule has 1 aromatic heterocycles. The number of aryl methyl sites for hydroxylation is 2. The number of fused-ring (bicyclic) bond motifs is 1. The van der Waals surface area contributed by atoms with E-state index in [1.54, 1.807) is 0 Å². The van der Waals surface area contributed by atoms with E-state index in [1.165, 1.54) is 5.56 Å². The van der Waals surface area contributed by atoms with Gasteiger partial charge in [-0.3, -0.25) is 4.79 Å². The van der Waals surface area contributed by atoms with Gasteiger partial charge in [-0.25, -0.2) is 0 Å². The summed E-state index contributed by atoms with van der Waals surface area (Å²) in [5.74, 6) is 0.233. The van der Waals surface area contributed by atoms with Crippen molar-refractivity contribution in [3.8, 4) is 0 Å². The molecule has 0 spiro atoms. The lowest BCUT2D eigenvalue weighted by molar-refractivity contribution is 0.0941. The van der Waals surface area contributed by atoms with E-state index in [1.807, 2.05) is 17.8 Å². The number of rotatable bonds is 2. The van der Waals surface area contributed by atoms with Gasteiger partial charge in [0.05, 0.1) is 0 Å². The maximum Gasteiger partial charge on any atom is 0.165 e. The van der Waals surface area contributed by atoms with Crippen molar-refractivity contribution in [2.45, 2.75) is 34.1 Å². The Hall–Kier alpha value is -1.57. The summed E-state index contributed by atoms with van der Waals surface area (Å²) in [6.07, 6.45) is 2.54. The summed E-state index contributed by atoms with van der Waals surface area (Å²) in [6, 6.07) is 6.25. The summed E-state index contributed by atoms with van der Waals surface area (Å²) in [5, 5.41) is 1.07. The van der Waals surface area contributed by atoms with E-state index in [-0.39, 0.29) is 11.2 Å². The fraction of sp³-hybridized carbons (Fsp3) is 0.438. The van der Waals surface area contributed by atoms with Crippen LogP contribution < -0.4 is 0 Å². The zero-order valence-electron chi connectivity index (χ0n) is 11.9. The van der Waals surface area contributed by atoms with E-state index in [2.05, 4.69) is 45.9 Å². The third-order valence-electron chi connectivity index (χ3n) is 3.14. The Balaban J connectivity index is 2.49. The lowest BCUT2D eigenvalue weighted by Gasteiger charge is -2.16. The van der Waals surface area contributed by atoms with Crippen LogP contribution in [0.3, 0.4) is 0 Å². The Morgan fingerprint density at radius 2 is 1.94 bits per heavy atom. The summed E-state index contributed by atoms with van der Waals surface area (Å²) >= 11 is 0. The van der Waals surface area contributed by atoms with Crippen LogP contribution in [0.5, 0.6) is 0 Å². The molecule has 18 heavy (non-hydrogen) atoms. The van der Waals surface area contributed by atoms with Crippen LogP contribution in [-0.4, -0.2) is 10.4 Å². The third kappa shape index (κ3) is 2.47. The maximum absolute atomic E-state index is 12.4. The van der Waals surface area contributed by atoms with E-state index in [4.69, 9.17) is 0 Å². The van der Waals surface area contributed by atoms with E-state index < -0.39 is 0 Å². The predicted octanol–water partition coefficient (Wildman–Crippen LogP) is 4.11. The smallest absolute Gasteiger partial charge is 0.165 e. The van der Waals surface area contributed by atoms with Gasteiger partial charge in [0.1, 0.15) is 0 Å². The van der Waals surface area contributed by atoms with Gasteiger partial charge in [0.25, 0.3) is 0 Å². The highest BCUT2D eigenvalue weighted by Gasteiger charge is 2.20. The summed E-state index contributed by atoms with van der Waals surface area (Å²) in [7, 11) is 2.00. The van der Waals surface area contributed by atoms with E-state index in [0.717, 1.165) is 16.5 Å². The number of ketones is 1. The van der Waals surface area contributed by atoms with Crippen LogP contribution in [-0.2, 0) is 7.05 Å². The zero-order valence-corrected chi connectivity index (χ0v) is 11.9. The Bertz CT molecular complexity index is 599. The average Bonchev–Trinajstić information content (AvgIpc) is 2.54. The van der Waals surface area contributed by atoms with Crippen LogP contribution in [0, 0.1) is 12.3 Å². The van der Waals surface area contributed by atoms with Crippen molar-refractivity contribution in [1.82, 2.24) is 4.57 Å². The quantitative estimate of drug-likeness (QED) is 0.728. The summed E-state index contributed by atoms with van der Waals surface area (Å²) in [5.41, 5.74) is 3.23. The molecule has 0 aliphatic heterocycles. The molecule has 0 saturated heterocycles. The van der Waals surface area contributed by atoms with Crippen LogP contribution in [0.2, 0.25) is 0 Å². The molecule has 0 aliphatic carbocycles. The lowest BCUT2D eigenvalue weighted by Crippen LogP contribution is -2.12. The highest BCUT2D eigenvalue weighted by molar-refractivity contribution is 6.08. The largest absolute Gasteiger partial charge is 0.350 e. The molecule has 2 aromatic rings. The number of hydrogen-bond acceptors (Lipinski definition) is 1. The van der Waals surface area contributed by atoms with Crippen LogP contribution >= 0.6 is 0 Å². The number of carbonyl (C=O) groups excluding carboxylic acids is 1. The molecule has 0 unspecified atom stereocenters. The molecule has 0 aliphatic rings. The van der Waals surface area contributed by atoms with Gasteiger partial charge >= 0.3 is 0 Å². The summed E-state index contributed by atoms with van der Waals surface area (Å²) < 4.78 is 2.04. The first kappa shape index (κ1) is 12.9. The predicted molar refractivity (Wildman–Crippen MR) is 76.1 cm³/mol. The van der Waals surface area contributed by atoms with E-state index >= 15 is 0 Å². The molecule has 0 saturated carbocycles. The highest BCUT2D eigenvalue weighted by atomic mass is 16.1. The second kappa shape index (κ2) is 4.27. The molecule has 96 valence electrons. The second-order valence-electron chi connectivity index (χ2n) is 6.33. The Morgan fingerprint density at radius 3 is 2.56 bits per heavy atom. The van der Waals surface area contributed by atoms with Gasteiger partial charge < -0.3 is 4.57 Å². The Kier molecular flexibility index (Phi) is 3.05. The van der Waals surface area contributed by atoms with Crippen molar-refractivity contribution in [2.75, 3.05) is 0 Å². The highest BCUT2D eigenvalue weighted by Crippen LogP contribution is 2.27. The number of aromatic nitrogens is 1. The van der Waals surface area contributed by atoms with E-state index in [0.29, 0.717) is 6.42 Å². The van der Waals surface area contributed by atoms with Gasteiger partial charge in [-0.05, 0) is 24.0 Å². The van der Waals surface area contributed by atoms with Crippen molar-refractivity contribution < 1.29 is 4.79 Å². The molecular formula is C16H21NO. The first-order valence-electron chi connectivity index (χ1n) is 6.37. The normalized spacial score (nSPS) is 12.1. The van der Waals surface area contributed by atoms with Gasteiger partial charge in [-0.2, -0.15) is 0 Å². The van der Waals surface area contributed by atoms with Crippen molar-refractivity contribution in [2.24, 2.45) is 12.5 Å². The minimum Gasteiger partial charge on any atom is -0.350 e. The van der Waals surface area contributed by atoms with Crippen LogP contribution in [0.15, 0.2) is 24.4 Å². The van der Waals surface area contributed by atoms with Gasteiger partial charge in [0.2, 0.25) is 0 Å². The molecule has 2 rings (SSSR count). The Labute approximate surface area is 109 Å². The number of nitrogens with zero attached hydrogens (tertiary/aromatic N) is 1. The topological polar surface area (TPSA) is 22.0 Å². The monoisotopic (exact) mass is 243 g/mol. The maximum atomic E-state index is 12.4. The SMILES string of the molecule is Cc1ccc2c(C(=O)CC(C)(C)C)cn(C)c2c1. The molecule has 2 heteroatoms. The number of Topliss-reactive ketones (excluding diaryl/α,β-unsaturated/α-hetero) is 1. The lowest BCUT2D eigenvalue weighted by atomic mass is 9.88. The zero-order chi connectivity index (χ0) is 13.5. The van der Waals surface area contributed by atoms with Crippen LogP contribution in [0.25, 0.3) is 10.9 Å². The van der Waals surface area contributed by atoms with Crippen molar-refractivity contribution >= 4 is 16.7 Å². The number of hydrogen-bond donors (Lipinski definition) is 0. The van der Waals surface area contributed by atoms with Crippen LogP contribution in [0.4, 0.5) is 0 Å². The van der Waals surface area contributed by atoms with Gasteiger partial charge in [0, 0.05) is 36.1 Å². The van der Waals surface area contributed by atoms with Crippen LogP contribution in [0.1, 0.15) is 43.1 Å². The molecule has 0 bridgehead atoms. The number of benzene rings is 1. The molecule has 2 nitrogen and oxygen atoms in total. The molecule has 0 amide bonds. The summed E-state index contributed by atoms with van der Waals surface area (Å²) in [6.45, 7) is 8.36.